The highest BCUT2D eigenvalue weighted by Crippen LogP contribution is 2.45. The van der Waals surface area contributed by atoms with Gasteiger partial charge in [-0.3, -0.25) is 14.2 Å². The number of carboxylic acid groups (broad SMARTS) is 1. The molecule has 3 N–H and O–H groups in total. The van der Waals surface area contributed by atoms with E-state index < -0.39 is 37.1 Å². The fourth-order valence-electron chi connectivity index (χ4n) is 1.31. The lowest BCUT2D eigenvalue weighted by atomic mass is 10.1. The van der Waals surface area contributed by atoms with Crippen LogP contribution in [0.2, 0.25) is 0 Å². The average Bonchev–Trinajstić information content (AvgIpc) is 2.31. The number of carbonyl (C=O) groups is 3. The first kappa shape index (κ1) is 19.3. The molecule has 120 valence electrons. The number of esters is 2. The third kappa shape index (κ3) is 6.52. The molecule has 0 aromatic heterocycles. The van der Waals surface area contributed by atoms with E-state index in [4.69, 9.17) is 14.9 Å². The van der Waals surface area contributed by atoms with Crippen molar-refractivity contribution < 1.29 is 43.3 Å². The minimum atomic E-state index is -5.01. The van der Waals surface area contributed by atoms with Crippen molar-refractivity contribution in [2.75, 3.05) is 13.2 Å². The zero-order valence-electron chi connectivity index (χ0n) is 11.5. The van der Waals surface area contributed by atoms with Crippen molar-refractivity contribution in [2.24, 2.45) is 5.92 Å². The van der Waals surface area contributed by atoms with E-state index in [1.807, 2.05) is 0 Å². The molecular weight excluding hydrogens is 307 g/mol. The third-order valence-corrected chi connectivity index (χ3v) is 3.76. The van der Waals surface area contributed by atoms with Crippen LogP contribution < -0.4 is 0 Å². The van der Waals surface area contributed by atoms with Gasteiger partial charge in [-0.1, -0.05) is 13.5 Å². The molecule has 0 aromatic rings. The van der Waals surface area contributed by atoms with Crippen molar-refractivity contribution in [3.05, 3.63) is 12.2 Å². The number of hydrogen-bond donors (Lipinski definition) is 3. The molecule has 0 saturated carbocycles. The maximum atomic E-state index is 11.5. The summed E-state index contributed by atoms with van der Waals surface area (Å²) in [4.78, 5) is 51.2. The number of rotatable bonds is 8. The van der Waals surface area contributed by atoms with Gasteiger partial charge in [-0.05, 0) is 6.92 Å². The lowest BCUT2D eigenvalue weighted by Crippen LogP contribution is -2.34. The van der Waals surface area contributed by atoms with Crippen LogP contribution in [-0.2, 0) is 28.4 Å². The highest BCUT2D eigenvalue weighted by Gasteiger charge is 2.44. The SMILES string of the molecule is C=C(C)C(=O)OCCOC(=O)C(C)C(C(=O)O)P(=O)(O)O. The van der Waals surface area contributed by atoms with Crippen molar-refractivity contribution >= 4 is 25.5 Å². The molecule has 0 aromatic carbocycles. The minimum absolute atomic E-state index is 0.155. The largest absolute Gasteiger partial charge is 0.481 e. The Morgan fingerprint density at radius 3 is 2.05 bits per heavy atom. The fraction of sp³-hybridized carbons (Fsp3) is 0.545. The van der Waals surface area contributed by atoms with Crippen LogP contribution in [0, 0.1) is 5.92 Å². The topological polar surface area (TPSA) is 147 Å². The van der Waals surface area contributed by atoms with E-state index in [1.54, 1.807) is 0 Å². The van der Waals surface area contributed by atoms with E-state index in [1.165, 1.54) is 6.92 Å². The summed E-state index contributed by atoms with van der Waals surface area (Å²) in [6, 6.07) is 0. The molecule has 21 heavy (non-hydrogen) atoms. The summed E-state index contributed by atoms with van der Waals surface area (Å²) in [7, 11) is -5.01. The van der Waals surface area contributed by atoms with E-state index >= 15 is 0 Å². The van der Waals surface area contributed by atoms with Crippen LogP contribution in [0.4, 0.5) is 0 Å². The Balaban J connectivity index is 4.45. The summed E-state index contributed by atoms with van der Waals surface area (Å²) in [5.41, 5.74) is -2.04. The number of ether oxygens (including phenoxy) is 2. The minimum Gasteiger partial charge on any atom is -0.481 e. The smallest absolute Gasteiger partial charge is 0.340 e. The number of aliphatic carboxylic acids is 1. The highest BCUT2D eigenvalue weighted by atomic mass is 31.2. The first-order valence-electron chi connectivity index (χ1n) is 5.75. The second kappa shape index (κ2) is 7.92. The Hall–Kier alpha value is -1.70. The molecule has 0 heterocycles. The van der Waals surface area contributed by atoms with Crippen molar-refractivity contribution in [3.8, 4) is 0 Å². The van der Waals surface area contributed by atoms with Crippen LogP contribution in [0.5, 0.6) is 0 Å². The van der Waals surface area contributed by atoms with Crippen LogP contribution in [0.25, 0.3) is 0 Å². The summed E-state index contributed by atoms with van der Waals surface area (Å²) in [5.74, 6) is -5.16. The first-order valence-corrected chi connectivity index (χ1v) is 7.44. The molecule has 0 amide bonds. The average molecular weight is 324 g/mol. The van der Waals surface area contributed by atoms with Gasteiger partial charge in [0, 0.05) is 5.57 Å². The fourth-order valence-corrected chi connectivity index (χ4v) is 2.30. The van der Waals surface area contributed by atoms with Crippen LogP contribution in [0.15, 0.2) is 12.2 Å². The van der Waals surface area contributed by atoms with Gasteiger partial charge in [0.15, 0.2) is 5.66 Å². The molecule has 0 fully saturated rings. The molecule has 0 saturated heterocycles. The quantitative estimate of drug-likeness (QED) is 0.241. The predicted molar refractivity (Wildman–Crippen MR) is 69.4 cm³/mol. The van der Waals surface area contributed by atoms with Gasteiger partial charge in [0.25, 0.3) is 0 Å². The van der Waals surface area contributed by atoms with Crippen molar-refractivity contribution in [1.82, 2.24) is 0 Å². The lowest BCUT2D eigenvalue weighted by molar-refractivity contribution is -0.155. The maximum absolute atomic E-state index is 11.5. The molecule has 0 rings (SSSR count). The number of carboxylic acids is 1. The first-order chi connectivity index (χ1) is 9.48. The molecule has 0 aliphatic heterocycles. The monoisotopic (exact) mass is 324 g/mol. The molecule has 0 spiro atoms. The zero-order valence-corrected chi connectivity index (χ0v) is 12.4. The molecule has 2 unspecified atom stereocenters. The van der Waals surface area contributed by atoms with Crippen molar-refractivity contribution in [1.29, 1.82) is 0 Å². The summed E-state index contributed by atoms with van der Waals surface area (Å²) in [6.07, 6.45) is 0. The number of hydrogen-bond acceptors (Lipinski definition) is 6. The van der Waals surface area contributed by atoms with Gasteiger partial charge < -0.3 is 24.4 Å². The standard InChI is InChI=1S/C11H17O9P/c1-6(2)10(14)19-4-5-20-11(15)7(3)8(9(12)13)21(16,17)18/h7-8H,1,4-5H2,2-3H3,(H,12,13)(H2,16,17,18). The van der Waals surface area contributed by atoms with Crippen LogP contribution in [0.1, 0.15) is 13.8 Å². The Labute approximate surface area is 120 Å². The molecule has 0 bridgehead atoms. The maximum Gasteiger partial charge on any atom is 0.340 e. The highest BCUT2D eigenvalue weighted by molar-refractivity contribution is 7.53. The third-order valence-electron chi connectivity index (χ3n) is 2.37. The Bertz CT molecular complexity index is 478. The van der Waals surface area contributed by atoms with E-state index in [9.17, 15) is 18.9 Å². The van der Waals surface area contributed by atoms with Gasteiger partial charge in [0.1, 0.15) is 13.2 Å². The molecular formula is C11H17O9P. The number of carbonyl (C=O) groups excluding carboxylic acids is 2. The van der Waals surface area contributed by atoms with E-state index in [0.717, 1.165) is 6.92 Å². The van der Waals surface area contributed by atoms with Gasteiger partial charge in [-0.2, -0.15) is 0 Å². The van der Waals surface area contributed by atoms with Crippen LogP contribution in [-0.4, -0.2) is 51.7 Å². The molecule has 9 nitrogen and oxygen atoms in total. The van der Waals surface area contributed by atoms with E-state index in [2.05, 4.69) is 16.1 Å². The molecule has 0 aliphatic rings. The van der Waals surface area contributed by atoms with Crippen molar-refractivity contribution in [2.45, 2.75) is 19.5 Å². The second-order valence-electron chi connectivity index (χ2n) is 4.24. The normalized spacial score (nSPS) is 13.9. The van der Waals surface area contributed by atoms with Gasteiger partial charge >= 0.3 is 25.5 Å². The van der Waals surface area contributed by atoms with Crippen LogP contribution in [0.3, 0.4) is 0 Å². The van der Waals surface area contributed by atoms with E-state index in [0.29, 0.717) is 0 Å². The Morgan fingerprint density at radius 2 is 1.67 bits per heavy atom. The van der Waals surface area contributed by atoms with Gasteiger partial charge in [-0.25, -0.2) is 4.79 Å². The van der Waals surface area contributed by atoms with Gasteiger partial charge in [-0.15, -0.1) is 0 Å². The van der Waals surface area contributed by atoms with Gasteiger partial charge in [0.05, 0.1) is 5.92 Å². The molecule has 0 radical (unpaired) electrons. The Kier molecular flexibility index (Phi) is 7.28. The molecule has 2 atom stereocenters. The Morgan fingerprint density at radius 1 is 1.19 bits per heavy atom. The van der Waals surface area contributed by atoms with Gasteiger partial charge in [0.2, 0.25) is 0 Å². The molecule has 10 heteroatoms. The van der Waals surface area contributed by atoms with E-state index in [-0.39, 0.29) is 18.8 Å². The van der Waals surface area contributed by atoms with Crippen molar-refractivity contribution in [3.63, 3.8) is 0 Å². The summed E-state index contributed by atoms with van der Waals surface area (Å²) in [5, 5.41) is 8.75. The lowest BCUT2D eigenvalue weighted by Gasteiger charge is -2.19. The molecule has 0 aliphatic carbocycles. The summed E-state index contributed by atoms with van der Waals surface area (Å²) < 4.78 is 20.3. The predicted octanol–water partition coefficient (Wildman–Crippen LogP) is -0.0841. The summed E-state index contributed by atoms with van der Waals surface area (Å²) in [6.45, 7) is 5.14. The van der Waals surface area contributed by atoms with Crippen LogP contribution >= 0.6 is 7.60 Å². The summed E-state index contributed by atoms with van der Waals surface area (Å²) >= 11 is 0. The zero-order chi connectivity index (χ0) is 16.8. The second-order valence-corrected chi connectivity index (χ2v) is 5.98.